The van der Waals surface area contributed by atoms with Crippen molar-refractivity contribution in [3.8, 4) is 0 Å². The summed E-state index contributed by atoms with van der Waals surface area (Å²) >= 11 is 1.87. The van der Waals surface area contributed by atoms with E-state index in [2.05, 4.69) is 51.1 Å². The van der Waals surface area contributed by atoms with Crippen LogP contribution in [0.1, 0.15) is 18.2 Å². The molecule has 1 unspecified atom stereocenters. The molecular weight excluding hydrogens is 272 g/mol. The van der Waals surface area contributed by atoms with Crippen LogP contribution in [0.4, 0.5) is 0 Å². The second-order valence-corrected chi connectivity index (χ2v) is 18.3. The Balaban J connectivity index is 2.33. The fourth-order valence-electron chi connectivity index (χ4n) is 3.22. The van der Waals surface area contributed by atoms with E-state index in [4.69, 9.17) is 0 Å². The van der Waals surface area contributed by atoms with Gasteiger partial charge in [0.1, 0.15) is 13.5 Å². The summed E-state index contributed by atoms with van der Waals surface area (Å²) in [6.07, 6.45) is 0.771. The summed E-state index contributed by atoms with van der Waals surface area (Å²) in [7, 11) is -2.94. The molecule has 0 amide bonds. The van der Waals surface area contributed by atoms with Crippen molar-refractivity contribution in [2.75, 3.05) is 0 Å². The molecule has 2 rings (SSSR count). The van der Waals surface area contributed by atoms with Crippen LogP contribution in [0.5, 0.6) is 0 Å². The first-order valence-corrected chi connectivity index (χ1v) is 14.3. The molecule has 1 aromatic rings. The van der Waals surface area contributed by atoms with Gasteiger partial charge in [0.25, 0.3) is 0 Å². The number of carbonyl (C=O) groups is 1. The molecule has 1 aromatic heterocycles. The second-order valence-electron chi connectivity index (χ2n) is 7.63. The average Bonchev–Trinajstić information content (AvgIpc) is 2.68. The number of thiophene rings is 1. The molecule has 18 heavy (non-hydrogen) atoms. The van der Waals surface area contributed by atoms with Crippen molar-refractivity contribution in [2.24, 2.45) is 0 Å². The Morgan fingerprint density at radius 3 is 2.61 bits per heavy atom. The summed E-state index contributed by atoms with van der Waals surface area (Å²) in [5, 5.41) is 4.37. The van der Waals surface area contributed by atoms with Gasteiger partial charge < -0.3 is 4.79 Å². The maximum Gasteiger partial charge on any atom is 0.123 e. The summed E-state index contributed by atoms with van der Waals surface area (Å²) in [6, 6.07) is 3.56. The molecule has 0 fully saturated rings. The number of rotatable bonds is 3. The zero-order valence-electron chi connectivity index (χ0n) is 12.4. The molecule has 2 heterocycles. The van der Waals surface area contributed by atoms with E-state index in [0.29, 0.717) is 5.41 Å². The lowest BCUT2D eigenvalue weighted by molar-refractivity contribution is -0.113. The van der Waals surface area contributed by atoms with Gasteiger partial charge in [-0.15, -0.1) is 11.3 Å². The zero-order chi connectivity index (χ0) is 13.8. The highest BCUT2D eigenvalue weighted by molar-refractivity contribution is 7.13. The van der Waals surface area contributed by atoms with Crippen molar-refractivity contribution in [1.29, 1.82) is 0 Å². The summed E-state index contributed by atoms with van der Waals surface area (Å²) < 4.78 is 0. The molecule has 0 aromatic carbocycles. The molecule has 0 bridgehead atoms. The summed E-state index contributed by atoms with van der Waals surface area (Å²) in [5.41, 5.74) is 0.136. The molecule has 0 saturated heterocycles. The van der Waals surface area contributed by atoms with Crippen molar-refractivity contribution >= 4 is 38.1 Å². The van der Waals surface area contributed by atoms with Crippen molar-refractivity contribution in [3.05, 3.63) is 16.3 Å². The Hall–Kier alpha value is -0.196. The maximum absolute atomic E-state index is 12.5. The Bertz CT molecular complexity index is 484. The number of hydrogen-bond acceptors (Lipinski definition) is 2. The Morgan fingerprint density at radius 2 is 2.06 bits per heavy atom. The third kappa shape index (κ3) is 2.30. The number of hydrogen-bond donors (Lipinski definition) is 0. The van der Waals surface area contributed by atoms with Crippen LogP contribution in [0.15, 0.2) is 11.4 Å². The lowest BCUT2D eigenvalue weighted by Crippen LogP contribution is -2.39. The Labute approximate surface area is 117 Å². The third-order valence-electron chi connectivity index (χ3n) is 4.16. The molecule has 0 spiro atoms. The Kier molecular flexibility index (Phi) is 3.28. The van der Waals surface area contributed by atoms with Gasteiger partial charge in [0, 0.05) is 16.7 Å². The predicted molar refractivity (Wildman–Crippen MR) is 86.6 cm³/mol. The van der Waals surface area contributed by atoms with E-state index in [1.807, 2.05) is 11.3 Å². The summed E-state index contributed by atoms with van der Waals surface area (Å²) in [5.74, 6) is 0. The first-order chi connectivity index (χ1) is 8.06. The van der Waals surface area contributed by atoms with Gasteiger partial charge in [0.15, 0.2) is 0 Å². The fraction of sp³-hybridized carbons (Fsp3) is 0.643. The topological polar surface area (TPSA) is 17.1 Å². The quantitative estimate of drug-likeness (QED) is 0.776. The largest absolute Gasteiger partial charge is 0.305 e. The van der Waals surface area contributed by atoms with Crippen LogP contribution < -0.4 is 5.19 Å². The lowest BCUT2D eigenvalue weighted by Gasteiger charge is -2.28. The molecule has 100 valence electrons. The van der Waals surface area contributed by atoms with Gasteiger partial charge in [-0.05, 0) is 16.6 Å². The van der Waals surface area contributed by atoms with Crippen LogP contribution in [-0.2, 0) is 10.2 Å². The molecule has 0 radical (unpaired) electrons. The molecule has 1 nitrogen and oxygen atoms in total. The van der Waals surface area contributed by atoms with E-state index in [1.54, 1.807) is 5.19 Å². The van der Waals surface area contributed by atoms with Gasteiger partial charge in [-0.25, -0.2) is 0 Å². The smallest absolute Gasteiger partial charge is 0.123 e. The molecule has 4 heteroatoms. The first kappa shape index (κ1) is 14.2. The van der Waals surface area contributed by atoms with E-state index in [0.717, 1.165) is 6.42 Å². The van der Waals surface area contributed by atoms with Gasteiger partial charge in [-0.1, -0.05) is 45.7 Å². The van der Waals surface area contributed by atoms with Gasteiger partial charge in [0.05, 0.1) is 8.07 Å². The summed E-state index contributed by atoms with van der Waals surface area (Å²) in [4.78, 5) is 14.0. The van der Waals surface area contributed by atoms with Crippen LogP contribution >= 0.6 is 11.3 Å². The van der Waals surface area contributed by atoms with Gasteiger partial charge in [-0.2, -0.15) is 0 Å². The van der Waals surface area contributed by atoms with Crippen LogP contribution in [0.25, 0.3) is 0 Å². The molecule has 0 saturated carbocycles. The van der Waals surface area contributed by atoms with E-state index in [1.165, 1.54) is 10.9 Å². The average molecular weight is 297 g/mol. The van der Waals surface area contributed by atoms with Crippen molar-refractivity contribution in [2.45, 2.75) is 57.5 Å². The second kappa shape index (κ2) is 4.15. The molecule has 1 atom stereocenters. The van der Waals surface area contributed by atoms with E-state index in [-0.39, 0.29) is 5.41 Å². The first-order valence-electron chi connectivity index (χ1n) is 6.68. The minimum absolute atomic E-state index is 0.136. The van der Waals surface area contributed by atoms with Crippen LogP contribution in [0.3, 0.4) is 0 Å². The van der Waals surface area contributed by atoms with E-state index in [9.17, 15) is 4.79 Å². The van der Waals surface area contributed by atoms with Gasteiger partial charge >= 0.3 is 0 Å². The molecular formula is C14H24OSSi2. The van der Waals surface area contributed by atoms with Crippen LogP contribution in [0.2, 0.25) is 38.8 Å². The normalized spacial score (nSPS) is 26.1. The minimum Gasteiger partial charge on any atom is -0.305 e. The van der Waals surface area contributed by atoms with Crippen LogP contribution in [0, 0.1) is 0 Å². The van der Waals surface area contributed by atoms with E-state index < -0.39 is 16.1 Å². The van der Waals surface area contributed by atoms with Crippen LogP contribution in [-0.4, -0.2) is 21.6 Å². The van der Waals surface area contributed by atoms with Gasteiger partial charge in [-0.3, -0.25) is 0 Å². The molecule has 0 aliphatic carbocycles. The van der Waals surface area contributed by atoms with E-state index >= 15 is 0 Å². The third-order valence-corrected chi connectivity index (χ3v) is 11.0. The molecule has 1 aliphatic rings. The molecule has 0 N–H and O–H groups in total. The molecule has 1 aliphatic heterocycles. The van der Waals surface area contributed by atoms with Crippen molar-refractivity contribution in [1.82, 2.24) is 0 Å². The zero-order valence-corrected chi connectivity index (χ0v) is 15.2. The Morgan fingerprint density at radius 1 is 1.44 bits per heavy atom. The van der Waals surface area contributed by atoms with Crippen molar-refractivity contribution < 1.29 is 4.79 Å². The highest BCUT2D eigenvalue weighted by Crippen LogP contribution is 2.45. The number of carbonyl (C=O) groups excluding carboxylic acids is 1. The van der Waals surface area contributed by atoms with Crippen molar-refractivity contribution in [3.63, 3.8) is 0 Å². The maximum atomic E-state index is 12.5. The van der Waals surface area contributed by atoms with Gasteiger partial charge in [0.2, 0.25) is 0 Å². The summed E-state index contributed by atoms with van der Waals surface area (Å²) in [6.45, 7) is 13.7. The predicted octanol–water partition coefficient (Wildman–Crippen LogP) is 3.77. The SMILES string of the molecule is CC1(CC(=O)[Si](C)(C)C)C[Si](C)(C)c2ccsc21. The highest BCUT2D eigenvalue weighted by atomic mass is 32.1. The fourth-order valence-corrected chi connectivity index (χ4v) is 10.3. The number of fused-ring (bicyclic) bond motifs is 1. The minimum atomic E-state index is -1.64. The monoisotopic (exact) mass is 296 g/mol. The lowest BCUT2D eigenvalue weighted by atomic mass is 9.88. The standard InChI is InChI=1S/C14H24OSSi2/c1-14(9-12(15)17(2,3)4)10-18(5,6)11-7-8-16-13(11)14/h7-8H,9-10H2,1-6H3. The highest BCUT2D eigenvalue weighted by Gasteiger charge is 2.48.